The van der Waals surface area contributed by atoms with Crippen molar-refractivity contribution in [3.63, 3.8) is 0 Å². The van der Waals surface area contributed by atoms with Crippen LogP contribution >= 0.6 is 0 Å². The average Bonchev–Trinajstić information content (AvgIpc) is 2.84. The highest BCUT2D eigenvalue weighted by molar-refractivity contribution is 5.79. The van der Waals surface area contributed by atoms with E-state index in [1.807, 2.05) is 26.0 Å². The third-order valence-corrected chi connectivity index (χ3v) is 3.81. The highest BCUT2D eigenvalue weighted by Crippen LogP contribution is 2.15. The minimum atomic E-state index is -0.198. The second kappa shape index (κ2) is 5.73. The maximum absolute atomic E-state index is 11.4. The van der Waals surface area contributed by atoms with Crippen LogP contribution in [-0.2, 0) is 13.6 Å². The predicted molar refractivity (Wildman–Crippen MR) is 85.6 cm³/mol. The maximum atomic E-state index is 11.4. The summed E-state index contributed by atoms with van der Waals surface area (Å²) in [5.41, 5.74) is 3.00. The molecule has 0 aliphatic carbocycles. The van der Waals surface area contributed by atoms with E-state index in [0.717, 1.165) is 16.6 Å². The molecule has 114 valence electrons. The highest BCUT2D eigenvalue weighted by atomic mass is 16.1. The molecule has 0 spiro atoms. The molecule has 6 heteroatoms. The Morgan fingerprint density at radius 1 is 1.32 bits per heavy atom. The number of nitrogens with one attached hydrogen (secondary N) is 2. The van der Waals surface area contributed by atoms with Gasteiger partial charge in [0, 0.05) is 24.7 Å². The lowest BCUT2D eigenvalue weighted by molar-refractivity contribution is 0.527. The number of fused-ring (bicyclic) bond motifs is 1. The Morgan fingerprint density at radius 3 is 2.86 bits per heavy atom. The zero-order valence-corrected chi connectivity index (χ0v) is 12.9. The van der Waals surface area contributed by atoms with Gasteiger partial charge in [0.05, 0.1) is 11.6 Å². The first kappa shape index (κ1) is 14.5. The summed E-state index contributed by atoms with van der Waals surface area (Å²) in [6.07, 6.45) is 0. The zero-order chi connectivity index (χ0) is 15.7. The first-order chi connectivity index (χ1) is 10.5. The van der Waals surface area contributed by atoms with E-state index in [4.69, 9.17) is 0 Å². The molecule has 3 rings (SSSR count). The molecule has 1 aromatic carbocycles. The number of H-pyrrole nitrogens is 1. The Kier molecular flexibility index (Phi) is 3.77. The normalized spacial score (nSPS) is 12.7. The van der Waals surface area contributed by atoms with Crippen LogP contribution < -0.4 is 11.0 Å². The fraction of sp³-hybridized carbons (Fsp3) is 0.312. The number of hydrogen-bond donors (Lipinski definition) is 2. The summed E-state index contributed by atoms with van der Waals surface area (Å²) < 4.78 is 1.52. The van der Waals surface area contributed by atoms with E-state index in [0.29, 0.717) is 12.4 Å². The van der Waals surface area contributed by atoms with Crippen LogP contribution in [0.5, 0.6) is 0 Å². The summed E-state index contributed by atoms with van der Waals surface area (Å²) in [6, 6.07) is 10.3. The van der Waals surface area contributed by atoms with E-state index < -0.39 is 0 Å². The van der Waals surface area contributed by atoms with Crippen molar-refractivity contribution >= 4 is 10.9 Å². The lowest BCUT2D eigenvalue weighted by Crippen LogP contribution is -2.23. The standard InChI is InChI=1S/C16H19N5O/c1-10-4-6-13-8-12(5-7-14(13)18-10)9-17-11(2)15-19-20-16(22)21(15)3/h4-8,11,17H,9H2,1-3H3,(H,20,22). The van der Waals surface area contributed by atoms with Crippen molar-refractivity contribution in [3.05, 3.63) is 57.9 Å². The lowest BCUT2D eigenvalue weighted by Gasteiger charge is -2.13. The number of benzene rings is 1. The summed E-state index contributed by atoms with van der Waals surface area (Å²) in [6.45, 7) is 4.68. The van der Waals surface area contributed by atoms with Gasteiger partial charge < -0.3 is 5.32 Å². The molecule has 0 saturated heterocycles. The molecule has 3 aromatic rings. The zero-order valence-electron chi connectivity index (χ0n) is 12.9. The fourth-order valence-corrected chi connectivity index (χ4v) is 2.50. The third-order valence-electron chi connectivity index (χ3n) is 3.81. The smallest absolute Gasteiger partial charge is 0.303 e. The third kappa shape index (κ3) is 2.78. The molecule has 0 radical (unpaired) electrons. The molecular formula is C16H19N5O. The average molecular weight is 297 g/mol. The second-order valence-corrected chi connectivity index (χ2v) is 5.53. The van der Waals surface area contributed by atoms with Crippen LogP contribution in [0.15, 0.2) is 35.1 Å². The Labute approximate surface area is 128 Å². The molecule has 6 nitrogen and oxygen atoms in total. The molecule has 2 N–H and O–H groups in total. The fourth-order valence-electron chi connectivity index (χ4n) is 2.50. The topological polar surface area (TPSA) is 75.6 Å². The number of aryl methyl sites for hydroxylation is 1. The van der Waals surface area contributed by atoms with E-state index in [2.05, 4.69) is 38.7 Å². The SMILES string of the molecule is Cc1ccc2cc(CNC(C)c3n[nH]c(=O)n3C)ccc2n1. The van der Waals surface area contributed by atoms with Crippen molar-refractivity contribution in [2.75, 3.05) is 0 Å². The molecular weight excluding hydrogens is 278 g/mol. The molecule has 2 heterocycles. The molecule has 0 saturated carbocycles. The van der Waals surface area contributed by atoms with E-state index in [1.54, 1.807) is 7.05 Å². The van der Waals surface area contributed by atoms with Gasteiger partial charge in [-0.15, -0.1) is 0 Å². The summed E-state index contributed by atoms with van der Waals surface area (Å²) in [5.74, 6) is 0.697. The van der Waals surface area contributed by atoms with Gasteiger partial charge in [-0.25, -0.2) is 9.89 Å². The van der Waals surface area contributed by atoms with Crippen LogP contribution in [0.25, 0.3) is 10.9 Å². The van der Waals surface area contributed by atoms with Crippen LogP contribution in [0, 0.1) is 6.92 Å². The minimum Gasteiger partial charge on any atom is -0.303 e. The van der Waals surface area contributed by atoms with Gasteiger partial charge in [0.15, 0.2) is 0 Å². The van der Waals surface area contributed by atoms with Crippen molar-refractivity contribution in [2.24, 2.45) is 7.05 Å². The molecule has 0 bridgehead atoms. The van der Waals surface area contributed by atoms with Gasteiger partial charge in [0.2, 0.25) is 0 Å². The van der Waals surface area contributed by atoms with E-state index in [-0.39, 0.29) is 11.7 Å². The number of hydrogen-bond acceptors (Lipinski definition) is 4. The maximum Gasteiger partial charge on any atom is 0.343 e. The number of rotatable bonds is 4. The van der Waals surface area contributed by atoms with Crippen molar-refractivity contribution in [1.82, 2.24) is 25.1 Å². The predicted octanol–water partition coefficient (Wildman–Crippen LogP) is 1.82. The van der Waals surface area contributed by atoms with Crippen LogP contribution in [0.1, 0.15) is 30.0 Å². The Morgan fingerprint density at radius 2 is 2.14 bits per heavy atom. The van der Waals surface area contributed by atoms with Gasteiger partial charge >= 0.3 is 5.69 Å². The first-order valence-corrected chi connectivity index (χ1v) is 7.25. The molecule has 0 amide bonds. The van der Waals surface area contributed by atoms with Crippen molar-refractivity contribution in [3.8, 4) is 0 Å². The van der Waals surface area contributed by atoms with Crippen LogP contribution in [0.3, 0.4) is 0 Å². The number of nitrogens with zero attached hydrogens (tertiary/aromatic N) is 3. The Bertz CT molecular complexity index is 864. The molecule has 1 atom stereocenters. The minimum absolute atomic E-state index is 0.0178. The number of aromatic nitrogens is 4. The highest BCUT2D eigenvalue weighted by Gasteiger charge is 2.12. The van der Waals surface area contributed by atoms with Crippen molar-refractivity contribution in [1.29, 1.82) is 0 Å². The summed E-state index contributed by atoms with van der Waals surface area (Å²) >= 11 is 0. The number of aromatic amines is 1. The van der Waals surface area contributed by atoms with Gasteiger partial charge in [0.25, 0.3) is 0 Å². The lowest BCUT2D eigenvalue weighted by atomic mass is 10.1. The van der Waals surface area contributed by atoms with Crippen molar-refractivity contribution in [2.45, 2.75) is 26.4 Å². The van der Waals surface area contributed by atoms with E-state index in [1.165, 1.54) is 10.1 Å². The molecule has 22 heavy (non-hydrogen) atoms. The summed E-state index contributed by atoms with van der Waals surface area (Å²) in [5, 5.41) is 11.0. The van der Waals surface area contributed by atoms with E-state index in [9.17, 15) is 4.79 Å². The van der Waals surface area contributed by atoms with Crippen molar-refractivity contribution < 1.29 is 0 Å². The largest absolute Gasteiger partial charge is 0.343 e. The monoisotopic (exact) mass is 297 g/mol. The van der Waals surface area contributed by atoms with Gasteiger partial charge in [0.1, 0.15) is 5.82 Å². The van der Waals surface area contributed by atoms with Crippen LogP contribution in [-0.4, -0.2) is 19.7 Å². The molecule has 0 fully saturated rings. The van der Waals surface area contributed by atoms with Crippen LogP contribution in [0.2, 0.25) is 0 Å². The van der Waals surface area contributed by atoms with Crippen LogP contribution in [0.4, 0.5) is 0 Å². The molecule has 2 aromatic heterocycles. The summed E-state index contributed by atoms with van der Waals surface area (Å²) in [4.78, 5) is 15.9. The first-order valence-electron chi connectivity index (χ1n) is 7.25. The molecule has 0 aliphatic heterocycles. The summed E-state index contributed by atoms with van der Waals surface area (Å²) in [7, 11) is 1.71. The van der Waals surface area contributed by atoms with Gasteiger partial charge in [-0.2, -0.15) is 5.10 Å². The number of pyridine rings is 1. The molecule has 0 aliphatic rings. The Balaban J connectivity index is 1.75. The Hall–Kier alpha value is -2.47. The van der Waals surface area contributed by atoms with Gasteiger partial charge in [-0.05, 0) is 37.6 Å². The molecule has 1 unspecified atom stereocenters. The quantitative estimate of drug-likeness (QED) is 0.770. The van der Waals surface area contributed by atoms with Gasteiger partial charge in [-0.1, -0.05) is 12.1 Å². The second-order valence-electron chi connectivity index (χ2n) is 5.53. The van der Waals surface area contributed by atoms with E-state index >= 15 is 0 Å². The van der Waals surface area contributed by atoms with Gasteiger partial charge in [-0.3, -0.25) is 9.55 Å².